The van der Waals surface area contributed by atoms with Gasteiger partial charge in [0.15, 0.2) is 0 Å². The Balaban J connectivity index is 1.32. The van der Waals surface area contributed by atoms with Gasteiger partial charge in [-0.3, -0.25) is 9.69 Å². The van der Waals surface area contributed by atoms with Crippen LogP contribution in [0.25, 0.3) is 0 Å². The van der Waals surface area contributed by atoms with Gasteiger partial charge in [-0.15, -0.1) is 0 Å². The summed E-state index contributed by atoms with van der Waals surface area (Å²) < 4.78 is 5.47. The zero-order valence-corrected chi connectivity index (χ0v) is 15.5. The molecular formula is C20H27ClN2O2. The van der Waals surface area contributed by atoms with Crippen molar-refractivity contribution in [3.8, 4) is 0 Å². The number of halogens is 1. The van der Waals surface area contributed by atoms with Crippen LogP contribution in [0, 0.1) is 5.92 Å². The van der Waals surface area contributed by atoms with Crippen LogP contribution in [-0.4, -0.2) is 61.1 Å². The molecule has 136 valence electrons. The molecule has 5 heteroatoms. The van der Waals surface area contributed by atoms with Gasteiger partial charge in [-0.2, -0.15) is 0 Å². The Morgan fingerprint density at radius 2 is 1.76 bits per heavy atom. The van der Waals surface area contributed by atoms with Crippen LogP contribution in [0.3, 0.4) is 0 Å². The average Bonchev–Trinajstić information content (AvgIpc) is 3.33. The molecule has 0 aromatic heterocycles. The van der Waals surface area contributed by atoms with Crippen LogP contribution in [0.4, 0.5) is 0 Å². The zero-order valence-electron chi connectivity index (χ0n) is 14.7. The molecule has 3 heterocycles. The van der Waals surface area contributed by atoms with E-state index in [-0.39, 0.29) is 5.92 Å². The summed E-state index contributed by atoms with van der Waals surface area (Å²) in [5.41, 5.74) is 1.30. The van der Waals surface area contributed by atoms with Crippen molar-refractivity contribution >= 4 is 17.5 Å². The zero-order chi connectivity index (χ0) is 17.2. The van der Waals surface area contributed by atoms with Crippen molar-refractivity contribution in [3.05, 3.63) is 34.9 Å². The lowest BCUT2D eigenvalue weighted by molar-refractivity contribution is -0.134. The summed E-state index contributed by atoms with van der Waals surface area (Å²) in [6, 6.07) is 8.72. The molecule has 0 saturated carbocycles. The minimum atomic E-state index is 0.187. The van der Waals surface area contributed by atoms with E-state index < -0.39 is 0 Å². The molecule has 0 aliphatic carbocycles. The number of carbonyl (C=O) groups is 1. The van der Waals surface area contributed by atoms with E-state index in [4.69, 9.17) is 16.3 Å². The number of hydrogen-bond donors (Lipinski definition) is 0. The van der Waals surface area contributed by atoms with Crippen LogP contribution in [0.5, 0.6) is 0 Å². The molecule has 0 bridgehead atoms. The lowest BCUT2D eigenvalue weighted by Crippen LogP contribution is -2.40. The van der Waals surface area contributed by atoms with Crippen LogP contribution >= 0.6 is 11.6 Å². The van der Waals surface area contributed by atoms with E-state index in [1.165, 1.54) is 5.56 Å². The molecule has 0 N–H and O–H groups in total. The van der Waals surface area contributed by atoms with E-state index in [1.807, 2.05) is 12.1 Å². The van der Waals surface area contributed by atoms with Gasteiger partial charge in [0, 0.05) is 49.8 Å². The predicted octanol–water partition coefficient (Wildman–Crippen LogP) is 3.16. The number of hydrogen-bond acceptors (Lipinski definition) is 3. The Hall–Kier alpha value is -1.10. The molecule has 3 fully saturated rings. The molecule has 3 aliphatic rings. The van der Waals surface area contributed by atoms with Gasteiger partial charge in [0.05, 0.1) is 5.92 Å². The van der Waals surface area contributed by atoms with E-state index in [2.05, 4.69) is 21.9 Å². The molecule has 0 radical (unpaired) electrons. The molecule has 1 aromatic carbocycles. The fourth-order valence-corrected chi connectivity index (χ4v) is 4.72. The van der Waals surface area contributed by atoms with E-state index in [1.54, 1.807) is 0 Å². The fraction of sp³-hybridized carbons (Fsp3) is 0.650. The fourth-order valence-electron chi connectivity index (χ4n) is 4.60. The van der Waals surface area contributed by atoms with E-state index >= 15 is 0 Å². The van der Waals surface area contributed by atoms with Crippen molar-refractivity contribution in [1.29, 1.82) is 0 Å². The van der Waals surface area contributed by atoms with Crippen molar-refractivity contribution < 1.29 is 9.53 Å². The van der Waals surface area contributed by atoms with E-state index in [0.29, 0.717) is 17.9 Å². The summed E-state index contributed by atoms with van der Waals surface area (Å²) in [5, 5.41) is 0.772. The first-order chi connectivity index (χ1) is 12.2. The summed E-state index contributed by atoms with van der Waals surface area (Å²) in [4.78, 5) is 17.6. The van der Waals surface area contributed by atoms with Crippen LogP contribution in [0.1, 0.15) is 37.2 Å². The smallest absolute Gasteiger partial charge is 0.227 e. The van der Waals surface area contributed by atoms with Gasteiger partial charge >= 0.3 is 0 Å². The van der Waals surface area contributed by atoms with Crippen molar-refractivity contribution in [2.75, 3.05) is 39.4 Å². The highest BCUT2D eigenvalue weighted by atomic mass is 35.5. The van der Waals surface area contributed by atoms with Gasteiger partial charge in [0.25, 0.3) is 0 Å². The second kappa shape index (κ2) is 7.65. The molecule has 1 aromatic rings. The third-order valence-electron chi connectivity index (χ3n) is 6.12. The maximum Gasteiger partial charge on any atom is 0.227 e. The first kappa shape index (κ1) is 17.3. The SMILES string of the molecule is O=C([C@H]1CCN(C2CCOCC2)C1)N1CC[C@H](c2ccc(Cl)cc2)C1. The van der Waals surface area contributed by atoms with Gasteiger partial charge in [0.2, 0.25) is 5.91 Å². The van der Waals surface area contributed by atoms with Crippen molar-refractivity contribution in [1.82, 2.24) is 9.80 Å². The Labute approximate surface area is 155 Å². The van der Waals surface area contributed by atoms with E-state index in [0.717, 1.165) is 70.1 Å². The second-order valence-corrected chi connectivity index (χ2v) is 8.08. The van der Waals surface area contributed by atoms with Gasteiger partial charge in [-0.1, -0.05) is 23.7 Å². The summed E-state index contributed by atoms with van der Waals surface area (Å²) in [5.74, 6) is 1.01. The summed E-state index contributed by atoms with van der Waals surface area (Å²) in [6.07, 6.45) is 4.30. The van der Waals surface area contributed by atoms with Crippen LogP contribution in [0.2, 0.25) is 5.02 Å². The standard InChI is InChI=1S/C20H27ClN2O2/c21-18-3-1-15(2-4-18)16-5-10-23(13-16)20(24)17-6-9-22(14-17)19-7-11-25-12-8-19/h1-4,16-17,19H,5-14H2/t16-,17-/m0/s1. The molecule has 3 saturated heterocycles. The molecule has 4 nitrogen and oxygen atoms in total. The van der Waals surface area contributed by atoms with Crippen molar-refractivity contribution in [3.63, 3.8) is 0 Å². The summed E-state index contributed by atoms with van der Waals surface area (Å²) in [6.45, 7) is 5.48. The van der Waals surface area contributed by atoms with Gasteiger partial charge < -0.3 is 9.64 Å². The quantitative estimate of drug-likeness (QED) is 0.828. The highest BCUT2D eigenvalue weighted by molar-refractivity contribution is 6.30. The van der Waals surface area contributed by atoms with E-state index in [9.17, 15) is 4.79 Å². The topological polar surface area (TPSA) is 32.8 Å². The largest absolute Gasteiger partial charge is 0.381 e. The lowest BCUT2D eigenvalue weighted by atomic mass is 9.99. The third kappa shape index (κ3) is 3.86. The second-order valence-electron chi connectivity index (χ2n) is 7.65. The molecular weight excluding hydrogens is 336 g/mol. The Morgan fingerprint density at radius 1 is 1.00 bits per heavy atom. The summed E-state index contributed by atoms with van der Waals surface area (Å²) in [7, 11) is 0. The highest BCUT2D eigenvalue weighted by Crippen LogP contribution is 2.31. The number of carbonyl (C=O) groups excluding carboxylic acids is 1. The normalized spacial score (nSPS) is 28.6. The highest BCUT2D eigenvalue weighted by Gasteiger charge is 2.37. The van der Waals surface area contributed by atoms with Crippen LogP contribution in [-0.2, 0) is 9.53 Å². The van der Waals surface area contributed by atoms with Crippen LogP contribution in [0.15, 0.2) is 24.3 Å². The maximum atomic E-state index is 13.0. The number of amides is 1. The Kier molecular flexibility index (Phi) is 5.30. The minimum Gasteiger partial charge on any atom is -0.381 e. The minimum absolute atomic E-state index is 0.187. The first-order valence-electron chi connectivity index (χ1n) is 9.57. The van der Waals surface area contributed by atoms with Gasteiger partial charge in [0.1, 0.15) is 0 Å². The van der Waals surface area contributed by atoms with Crippen molar-refractivity contribution in [2.24, 2.45) is 5.92 Å². The summed E-state index contributed by atoms with van der Waals surface area (Å²) >= 11 is 5.98. The lowest BCUT2D eigenvalue weighted by Gasteiger charge is -2.31. The number of nitrogens with zero attached hydrogens (tertiary/aromatic N) is 2. The number of rotatable bonds is 3. The predicted molar refractivity (Wildman–Crippen MR) is 98.9 cm³/mol. The van der Waals surface area contributed by atoms with Gasteiger partial charge in [-0.25, -0.2) is 0 Å². The molecule has 3 aliphatic heterocycles. The maximum absolute atomic E-state index is 13.0. The van der Waals surface area contributed by atoms with Gasteiger partial charge in [-0.05, 0) is 49.9 Å². The first-order valence-corrected chi connectivity index (χ1v) is 9.94. The molecule has 2 atom stereocenters. The molecule has 4 rings (SSSR count). The number of likely N-dealkylation sites (tertiary alicyclic amines) is 2. The Bertz CT molecular complexity index is 600. The molecule has 25 heavy (non-hydrogen) atoms. The third-order valence-corrected chi connectivity index (χ3v) is 6.37. The number of ether oxygens (including phenoxy) is 1. The van der Waals surface area contributed by atoms with Crippen molar-refractivity contribution in [2.45, 2.75) is 37.6 Å². The van der Waals surface area contributed by atoms with Crippen LogP contribution < -0.4 is 0 Å². The Morgan fingerprint density at radius 3 is 2.52 bits per heavy atom. The number of benzene rings is 1. The monoisotopic (exact) mass is 362 g/mol. The molecule has 0 spiro atoms. The molecule has 1 amide bonds. The average molecular weight is 363 g/mol. The molecule has 0 unspecified atom stereocenters.